The Kier molecular flexibility index (Phi) is 12.7. The summed E-state index contributed by atoms with van der Waals surface area (Å²) < 4.78 is 9.96. The van der Waals surface area contributed by atoms with Gasteiger partial charge in [0.15, 0.2) is 0 Å². The van der Waals surface area contributed by atoms with Crippen LogP contribution < -0.4 is 15.5 Å². The van der Waals surface area contributed by atoms with E-state index in [-0.39, 0.29) is 49.4 Å². The molecule has 2 aromatic rings. The standard InChI is InChI=1S/C27H41N7O5.ClH/c1-18(2)28-11-12-29-24(35)16-34(23-15-21(8-7-19(23)3)26-30-20(4)39-31-26)17-25(36)32(5)22-9-13-33(14-10-22)27(37)38-6;/h7-8,15,18,22,28H,9-14,16-17H2,1-6H3,(H,29,35);1H. The first-order valence-corrected chi connectivity index (χ1v) is 13.3. The minimum Gasteiger partial charge on any atom is -0.453 e. The van der Waals surface area contributed by atoms with E-state index in [1.165, 1.54) is 7.11 Å². The lowest BCUT2D eigenvalue weighted by atomic mass is 10.0. The summed E-state index contributed by atoms with van der Waals surface area (Å²) in [5, 5.41) is 10.2. The number of amides is 3. The zero-order chi connectivity index (χ0) is 28.5. The van der Waals surface area contributed by atoms with Gasteiger partial charge in [-0.05, 0) is 31.4 Å². The van der Waals surface area contributed by atoms with Gasteiger partial charge in [0.25, 0.3) is 0 Å². The number of likely N-dealkylation sites (tertiary alicyclic amines) is 1. The first-order valence-electron chi connectivity index (χ1n) is 13.3. The van der Waals surface area contributed by atoms with Crippen LogP contribution in [0, 0.1) is 13.8 Å². The molecule has 1 saturated heterocycles. The van der Waals surface area contributed by atoms with Gasteiger partial charge in [0, 0.05) is 63.5 Å². The Labute approximate surface area is 242 Å². The third-order valence-corrected chi connectivity index (χ3v) is 6.83. The summed E-state index contributed by atoms with van der Waals surface area (Å²) in [7, 11) is 3.15. The fourth-order valence-corrected chi connectivity index (χ4v) is 4.57. The van der Waals surface area contributed by atoms with E-state index in [1.54, 1.807) is 28.7 Å². The molecule has 0 atom stereocenters. The van der Waals surface area contributed by atoms with Gasteiger partial charge < -0.3 is 34.6 Å². The number of hydrogen-bond donors (Lipinski definition) is 2. The van der Waals surface area contributed by atoms with Crippen LogP contribution in [0.2, 0.25) is 0 Å². The summed E-state index contributed by atoms with van der Waals surface area (Å²) in [6.07, 6.45) is 0.967. The van der Waals surface area contributed by atoms with Crippen LogP contribution in [0.15, 0.2) is 22.7 Å². The first-order chi connectivity index (χ1) is 18.6. The van der Waals surface area contributed by atoms with E-state index in [0.717, 1.165) is 16.8 Å². The van der Waals surface area contributed by atoms with Gasteiger partial charge in [-0.2, -0.15) is 4.98 Å². The Hall–Kier alpha value is -3.38. The molecule has 3 rings (SSSR count). The molecule has 2 heterocycles. The monoisotopic (exact) mass is 579 g/mol. The Bertz CT molecular complexity index is 1130. The molecular weight excluding hydrogens is 538 g/mol. The van der Waals surface area contributed by atoms with Crippen LogP contribution in [-0.4, -0.2) is 103 Å². The molecule has 2 N–H and O–H groups in total. The molecule has 3 amide bonds. The molecule has 222 valence electrons. The van der Waals surface area contributed by atoms with Gasteiger partial charge in [0.05, 0.1) is 20.2 Å². The van der Waals surface area contributed by atoms with Crippen LogP contribution in [0.1, 0.15) is 38.1 Å². The van der Waals surface area contributed by atoms with Crippen LogP contribution >= 0.6 is 12.4 Å². The predicted octanol–water partition coefficient (Wildman–Crippen LogP) is 2.39. The number of benzene rings is 1. The summed E-state index contributed by atoms with van der Waals surface area (Å²) in [6.45, 7) is 9.97. The summed E-state index contributed by atoms with van der Waals surface area (Å²) in [5.74, 6) is 0.607. The Morgan fingerprint density at radius 3 is 2.45 bits per heavy atom. The number of rotatable bonds is 11. The summed E-state index contributed by atoms with van der Waals surface area (Å²) in [6, 6.07) is 6.01. The normalized spacial score (nSPS) is 13.5. The maximum absolute atomic E-state index is 13.5. The predicted molar refractivity (Wildman–Crippen MR) is 155 cm³/mol. The molecule has 1 aliphatic rings. The molecule has 0 unspecified atom stereocenters. The Balaban J connectivity index is 0.00000560. The van der Waals surface area contributed by atoms with Crippen LogP contribution in [0.4, 0.5) is 10.5 Å². The van der Waals surface area contributed by atoms with Gasteiger partial charge in [-0.15, -0.1) is 12.4 Å². The number of aromatic nitrogens is 2. The minimum absolute atomic E-state index is 0. The van der Waals surface area contributed by atoms with E-state index in [4.69, 9.17) is 9.26 Å². The molecule has 1 aliphatic heterocycles. The van der Waals surface area contributed by atoms with E-state index in [9.17, 15) is 14.4 Å². The molecule has 0 saturated carbocycles. The molecular formula is C27H42ClN7O5. The van der Waals surface area contributed by atoms with Crippen LogP contribution in [0.25, 0.3) is 11.4 Å². The largest absolute Gasteiger partial charge is 0.453 e. The molecule has 12 nitrogen and oxygen atoms in total. The van der Waals surface area contributed by atoms with Crippen molar-refractivity contribution in [3.8, 4) is 11.4 Å². The van der Waals surface area contributed by atoms with Gasteiger partial charge >= 0.3 is 6.09 Å². The Morgan fingerprint density at radius 2 is 1.85 bits per heavy atom. The summed E-state index contributed by atoms with van der Waals surface area (Å²) in [5.41, 5.74) is 2.39. The molecule has 1 fully saturated rings. The number of anilines is 1. The number of hydrogen-bond acceptors (Lipinski definition) is 9. The van der Waals surface area contributed by atoms with Crippen molar-refractivity contribution in [2.75, 3.05) is 58.3 Å². The summed E-state index contributed by atoms with van der Waals surface area (Å²) >= 11 is 0. The van der Waals surface area contributed by atoms with Crippen molar-refractivity contribution < 1.29 is 23.6 Å². The van der Waals surface area contributed by atoms with Crippen molar-refractivity contribution in [2.24, 2.45) is 0 Å². The molecule has 40 heavy (non-hydrogen) atoms. The quantitative estimate of drug-likeness (QED) is 0.385. The van der Waals surface area contributed by atoms with Gasteiger partial charge in [0.2, 0.25) is 23.5 Å². The van der Waals surface area contributed by atoms with Gasteiger partial charge in [0.1, 0.15) is 0 Å². The highest BCUT2D eigenvalue weighted by Gasteiger charge is 2.29. The molecule has 1 aromatic carbocycles. The SMILES string of the molecule is COC(=O)N1CCC(N(C)C(=O)CN(CC(=O)NCCNC(C)C)c2cc(-c3noc(C)n3)ccc2C)CC1.Cl. The van der Waals surface area contributed by atoms with Crippen LogP contribution in [0.3, 0.4) is 0 Å². The van der Waals surface area contributed by atoms with E-state index >= 15 is 0 Å². The number of aryl methyl sites for hydroxylation is 2. The second kappa shape index (κ2) is 15.4. The highest BCUT2D eigenvalue weighted by molar-refractivity contribution is 5.87. The van der Waals surface area contributed by atoms with Gasteiger partial charge in [-0.1, -0.05) is 31.1 Å². The highest BCUT2D eigenvalue weighted by Crippen LogP contribution is 2.27. The molecule has 13 heteroatoms. The third-order valence-electron chi connectivity index (χ3n) is 6.83. The number of carbonyl (C=O) groups excluding carboxylic acids is 3. The van der Waals surface area contributed by atoms with E-state index in [2.05, 4.69) is 20.8 Å². The van der Waals surface area contributed by atoms with Crippen LogP contribution in [0.5, 0.6) is 0 Å². The van der Waals surface area contributed by atoms with Crippen molar-refractivity contribution in [2.45, 2.75) is 52.6 Å². The van der Waals surface area contributed by atoms with Crippen molar-refractivity contribution >= 4 is 36.0 Å². The fourth-order valence-electron chi connectivity index (χ4n) is 4.57. The van der Waals surface area contributed by atoms with Crippen molar-refractivity contribution in [1.29, 1.82) is 0 Å². The number of methoxy groups -OCH3 is 1. The topological polar surface area (TPSA) is 133 Å². The zero-order valence-corrected chi connectivity index (χ0v) is 25.0. The van der Waals surface area contributed by atoms with Gasteiger partial charge in [-0.3, -0.25) is 9.59 Å². The molecule has 0 aliphatic carbocycles. The molecule has 0 bridgehead atoms. The number of halogens is 1. The lowest BCUT2D eigenvalue weighted by Crippen LogP contribution is -2.50. The third kappa shape index (κ3) is 9.09. The Morgan fingerprint density at radius 1 is 1.15 bits per heavy atom. The number of piperidine rings is 1. The highest BCUT2D eigenvalue weighted by atomic mass is 35.5. The number of nitrogens with one attached hydrogen (secondary N) is 2. The lowest BCUT2D eigenvalue weighted by Gasteiger charge is -2.37. The zero-order valence-electron chi connectivity index (χ0n) is 24.2. The van der Waals surface area contributed by atoms with Crippen molar-refractivity contribution in [3.63, 3.8) is 0 Å². The molecule has 0 spiro atoms. The van der Waals surface area contributed by atoms with E-state index < -0.39 is 0 Å². The smallest absolute Gasteiger partial charge is 0.409 e. The maximum atomic E-state index is 13.5. The fraction of sp³-hybridized carbons (Fsp3) is 0.593. The average molecular weight is 580 g/mol. The number of likely N-dealkylation sites (N-methyl/N-ethyl adjacent to an activating group) is 1. The van der Waals surface area contributed by atoms with E-state index in [0.29, 0.717) is 56.8 Å². The molecule has 0 radical (unpaired) electrons. The minimum atomic E-state index is -0.352. The maximum Gasteiger partial charge on any atom is 0.409 e. The number of carbonyl (C=O) groups is 3. The second-order valence-electron chi connectivity index (χ2n) is 10.1. The lowest BCUT2D eigenvalue weighted by molar-refractivity contribution is -0.131. The van der Waals surface area contributed by atoms with Crippen molar-refractivity contribution in [3.05, 3.63) is 29.7 Å². The van der Waals surface area contributed by atoms with Crippen molar-refractivity contribution in [1.82, 2.24) is 30.6 Å². The first kappa shape index (κ1) is 32.8. The number of ether oxygens (including phenoxy) is 1. The summed E-state index contributed by atoms with van der Waals surface area (Å²) in [4.78, 5) is 47.7. The average Bonchev–Trinajstić information content (AvgIpc) is 3.36. The number of nitrogens with zero attached hydrogens (tertiary/aromatic N) is 5. The second-order valence-corrected chi connectivity index (χ2v) is 10.1. The van der Waals surface area contributed by atoms with Gasteiger partial charge in [-0.25, -0.2) is 4.79 Å². The van der Waals surface area contributed by atoms with Crippen LogP contribution in [-0.2, 0) is 14.3 Å². The molecule has 1 aromatic heterocycles. The van der Waals surface area contributed by atoms with E-state index in [1.807, 2.05) is 39.0 Å².